The molecule has 1 fully saturated rings. The first kappa shape index (κ1) is 12.3. The highest BCUT2D eigenvalue weighted by molar-refractivity contribution is 7.89. The van der Waals surface area contributed by atoms with E-state index in [1.165, 1.54) is 7.05 Å². The summed E-state index contributed by atoms with van der Waals surface area (Å²) in [6.45, 7) is 2.93. The van der Waals surface area contributed by atoms with Crippen LogP contribution >= 0.6 is 0 Å². The number of sulfonamides is 1. The van der Waals surface area contributed by atoms with Gasteiger partial charge in [0.25, 0.3) is 0 Å². The van der Waals surface area contributed by atoms with Crippen molar-refractivity contribution in [2.45, 2.75) is 17.4 Å². The Kier molecular flexibility index (Phi) is 2.89. The summed E-state index contributed by atoms with van der Waals surface area (Å²) in [6.07, 6.45) is 0. The van der Waals surface area contributed by atoms with Crippen molar-refractivity contribution >= 4 is 15.7 Å². The van der Waals surface area contributed by atoms with Crippen molar-refractivity contribution in [3.05, 3.63) is 24.3 Å². The minimum absolute atomic E-state index is 0.246. The van der Waals surface area contributed by atoms with Gasteiger partial charge in [0.15, 0.2) is 0 Å². The number of nitrogens with zero attached hydrogens (tertiary/aromatic N) is 1. The zero-order valence-corrected chi connectivity index (χ0v) is 10.7. The molecule has 5 nitrogen and oxygen atoms in total. The molecule has 0 saturated carbocycles. The van der Waals surface area contributed by atoms with Crippen LogP contribution in [0.3, 0.4) is 0 Å². The largest absolute Gasteiger partial charge is 0.386 e. The Morgan fingerprint density at radius 3 is 2.24 bits per heavy atom. The Bertz CT molecular complexity index is 500. The van der Waals surface area contributed by atoms with Gasteiger partial charge in [0.1, 0.15) is 0 Å². The maximum absolute atomic E-state index is 11.5. The van der Waals surface area contributed by atoms with Crippen LogP contribution in [0.2, 0.25) is 0 Å². The lowest BCUT2D eigenvalue weighted by atomic mass is 9.96. The number of benzene rings is 1. The number of hydrogen-bond donors (Lipinski definition) is 2. The molecule has 94 valence electrons. The standard InChI is InChI=1S/C11H16N2O3S/c1-11(14)7-13(8-11)9-3-5-10(6-4-9)17(15,16)12-2/h3-6,12,14H,7-8H2,1-2H3. The van der Waals surface area contributed by atoms with E-state index in [1.807, 2.05) is 4.90 Å². The van der Waals surface area contributed by atoms with Crippen LogP contribution in [0.15, 0.2) is 29.2 Å². The van der Waals surface area contributed by atoms with Gasteiger partial charge in [-0.05, 0) is 38.2 Å². The van der Waals surface area contributed by atoms with Crippen LogP contribution in [-0.2, 0) is 10.0 Å². The molecule has 17 heavy (non-hydrogen) atoms. The average molecular weight is 256 g/mol. The van der Waals surface area contributed by atoms with Crippen LogP contribution in [0.1, 0.15) is 6.92 Å². The van der Waals surface area contributed by atoms with E-state index in [1.54, 1.807) is 31.2 Å². The van der Waals surface area contributed by atoms with Gasteiger partial charge < -0.3 is 10.0 Å². The third-order valence-electron chi connectivity index (χ3n) is 2.84. The fraction of sp³-hybridized carbons (Fsp3) is 0.455. The van der Waals surface area contributed by atoms with Gasteiger partial charge >= 0.3 is 0 Å². The van der Waals surface area contributed by atoms with E-state index in [4.69, 9.17) is 0 Å². The predicted octanol–water partition coefficient (Wildman–Crippen LogP) is 0.166. The molecule has 0 aromatic heterocycles. The minimum atomic E-state index is -3.37. The normalized spacial score (nSPS) is 18.9. The van der Waals surface area contributed by atoms with Crippen LogP contribution in [0.4, 0.5) is 5.69 Å². The van der Waals surface area contributed by atoms with Crippen molar-refractivity contribution in [1.82, 2.24) is 4.72 Å². The van der Waals surface area contributed by atoms with Gasteiger partial charge in [0.05, 0.1) is 10.5 Å². The molecular weight excluding hydrogens is 240 g/mol. The summed E-state index contributed by atoms with van der Waals surface area (Å²) in [5.41, 5.74) is 0.294. The van der Waals surface area contributed by atoms with E-state index >= 15 is 0 Å². The topological polar surface area (TPSA) is 69.6 Å². The van der Waals surface area contributed by atoms with Gasteiger partial charge in [-0.15, -0.1) is 0 Å². The van der Waals surface area contributed by atoms with Crippen molar-refractivity contribution in [2.75, 3.05) is 25.0 Å². The molecule has 0 radical (unpaired) electrons. The quantitative estimate of drug-likeness (QED) is 0.808. The van der Waals surface area contributed by atoms with Crippen LogP contribution in [0.25, 0.3) is 0 Å². The second-order valence-corrected chi connectivity index (χ2v) is 6.44. The Morgan fingerprint density at radius 1 is 1.29 bits per heavy atom. The van der Waals surface area contributed by atoms with Crippen molar-refractivity contribution in [3.63, 3.8) is 0 Å². The van der Waals surface area contributed by atoms with Crippen molar-refractivity contribution in [2.24, 2.45) is 0 Å². The molecule has 2 rings (SSSR count). The van der Waals surface area contributed by atoms with Crippen LogP contribution in [0, 0.1) is 0 Å². The molecule has 1 heterocycles. The van der Waals surface area contributed by atoms with E-state index in [0.717, 1.165) is 5.69 Å². The lowest BCUT2D eigenvalue weighted by Crippen LogP contribution is -2.60. The summed E-state index contributed by atoms with van der Waals surface area (Å²) < 4.78 is 25.3. The number of nitrogens with one attached hydrogen (secondary N) is 1. The predicted molar refractivity (Wildman–Crippen MR) is 65.5 cm³/mol. The van der Waals surface area contributed by atoms with Crippen molar-refractivity contribution in [3.8, 4) is 0 Å². The summed E-state index contributed by atoms with van der Waals surface area (Å²) in [6, 6.07) is 6.63. The lowest BCUT2D eigenvalue weighted by molar-refractivity contribution is 0.0310. The molecule has 1 aromatic carbocycles. The number of anilines is 1. The molecule has 1 aliphatic heterocycles. The maximum Gasteiger partial charge on any atom is 0.240 e. The fourth-order valence-corrected chi connectivity index (χ4v) is 2.64. The monoisotopic (exact) mass is 256 g/mol. The molecule has 0 unspecified atom stereocenters. The van der Waals surface area contributed by atoms with Crippen LogP contribution < -0.4 is 9.62 Å². The molecule has 1 saturated heterocycles. The van der Waals surface area contributed by atoms with Gasteiger partial charge in [-0.25, -0.2) is 13.1 Å². The molecule has 0 spiro atoms. The Morgan fingerprint density at radius 2 is 1.82 bits per heavy atom. The molecule has 0 aliphatic carbocycles. The van der Waals surface area contributed by atoms with E-state index in [2.05, 4.69) is 4.72 Å². The van der Waals surface area contributed by atoms with E-state index < -0.39 is 15.6 Å². The van der Waals surface area contributed by atoms with E-state index in [9.17, 15) is 13.5 Å². The maximum atomic E-state index is 11.5. The molecular formula is C11H16N2O3S. The molecule has 1 aliphatic rings. The third kappa shape index (κ3) is 2.43. The number of β-amino-alcohol motifs (C(OH)–C–C–N with tert-alkyl or cyclic N) is 1. The Balaban J connectivity index is 2.15. The van der Waals surface area contributed by atoms with Crippen LogP contribution in [-0.4, -0.2) is 39.3 Å². The smallest absolute Gasteiger partial charge is 0.240 e. The first-order valence-corrected chi connectivity index (χ1v) is 6.83. The zero-order valence-electron chi connectivity index (χ0n) is 9.84. The summed E-state index contributed by atoms with van der Waals surface area (Å²) >= 11 is 0. The average Bonchev–Trinajstić information content (AvgIpc) is 2.26. The summed E-state index contributed by atoms with van der Waals surface area (Å²) in [5.74, 6) is 0. The zero-order chi connectivity index (χ0) is 12.7. The molecule has 1 aromatic rings. The van der Waals surface area contributed by atoms with E-state index in [-0.39, 0.29) is 4.90 Å². The van der Waals surface area contributed by atoms with Crippen LogP contribution in [0.5, 0.6) is 0 Å². The molecule has 0 atom stereocenters. The lowest BCUT2D eigenvalue weighted by Gasteiger charge is -2.45. The molecule has 0 bridgehead atoms. The van der Waals surface area contributed by atoms with Gasteiger partial charge in [0, 0.05) is 18.8 Å². The number of rotatable bonds is 3. The highest BCUT2D eigenvalue weighted by Crippen LogP contribution is 2.27. The molecule has 0 amide bonds. The van der Waals surface area contributed by atoms with Gasteiger partial charge in [-0.3, -0.25) is 0 Å². The molecule has 6 heteroatoms. The van der Waals surface area contributed by atoms with Crippen molar-refractivity contribution in [1.29, 1.82) is 0 Å². The van der Waals surface area contributed by atoms with Gasteiger partial charge in [-0.2, -0.15) is 0 Å². The van der Waals surface area contributed by atoms with E-state index in [0.29, 0.717) is 13.1 Å². The summed E-state index contributed by atoms with van der Waals surface area (Å²) in [5, 5.41) is 9.62. The second-order valence-electron chi connectivity index (χ2n) is 4.55. The Hall–Kier alpha value is -1.11. The second kappa shape index (κ2) is 3.97. The van der Waals surface area contributed by atoms with Gasteiger partial charge in [0.2, 0.25) is 10.0 Å². The third-order valence-corrected chi connectivity index (χ3v) is 4.27. The first-order chi connectivity index (χ1) is 7.84. The van der Waals surface area contributed by atoms with Crippen molar-refractivity contribution < 1.29 is 13.5 Å². The minimum Gasteiger partial charge on any atom is -0.386 e. The Labute approximate surface area is 101 Å². The number of aliphatic hydroxyl groups is 1. The fourth-order valence-electron chi connectivity index (χ4n) is 1.91. The molecule has 2 N–H and O–H groups in total. The summed E-state index contributed by atoms with van der Waals surface area (Å²) in [7, 11) is -1.99. The highest BCUT2D eigenvalue weighted by Gasteiger charge is 2.36. The van der Waals surface area contributed by atoms with Gasteiger partial charge in [-0.1, -0.05) is 0 Å². The first-order valence-electron chi connectivity index (χ1n) is 5.35. The SMILES string of the molecule is CNS(=O)(=O)c1ccc(N2CC(C)(O)C2)cc1. The number of hydrogen-bond acceptors (Lipinski definition) is 4. The highest BCUT2D eigenvalue weighted by atomic mass is 32.2. The summed E-state index contributed by atoms with van der Waals surface area (Å²) in [4.78, 5) is 2.24.